The van der Waals surface area contributed by atoms with Crippen LogP contribution in [0.2, 0.25) is 0 Å². The molecule has 0 atom stereocenters. The molecule has 7 heteroatoms. The molecule has 0 aliphatic heterocycles. The van der Waals surface area contributed by atoms with Crippen molar-refractivity contribution in [1.29, 1.82) is 0 Å². The van der Waals surface area contributed by atoms with E-state index in [-0.39, 0.29) is 18.2 Å². The number of benzene rings is 3. The maximum atomic E-state index is 12.2. The Hall–Kier alpha value is -3.45. The Morgan fingerprint density at radius 1 is 1.06 bits per heavy atom. The number of aromatic nitrogens is 1. The standard InChI is InChI=1S/C24H20BrN3O3/c1-16-7-5-6-10-21(16)31-15-22(29)26-27-23-19-13-18(25)11-12-20(19)28(24(23)30)14-17-8-3-2-4-9-17/h2-13,30H,14-15H2,1H3. The van der Waals surface area contributed by atoms with Crippen molar-refractivity contribution < 1.29 is 14.6 Å². The predicted molar refractivity (Wildman–Crippen MR) is 123 cm³/mol. The predicted octanol–water partition coefficient (Wildman–Crippen LogP) is 6.16. The SMILES string of the molecule is Cc1ccccc1OCC(=O)N=Nc1c(O)n(Cc2ccccc2)c2ccc(Br)cc12. The fourth-order valence-corrected chi connectivity index (χ4v) is 3.67. The molecule has 3 aromatic carbocycles. The Bertz CT molecular complexity index is 1270. The zero-order chi connectivity index (χ0) is 21.8. The molecule has 0 spiro atoms. The lowest BCUT2D eigenvalue weighted by Crippen LogP contribution is -2.08. The van der Waals surface area contributed by atoms with Crippen LogP contribution in [0.4, 0.5) is 5.69 Å². The Kier molecular flexibility index (Phi) is 6.13. The van der Waals surface area contributed by atoms with Gasteiger partial charge in [-0.25, -0.2) is 0 Å². The lowest BCUT2D eigenvalue weighted by Gasteiger charge is -2.07. The van der Waals surface area contributed by atoms with Crippen molar-refractivity contribution in [3.05, 3.63) is 88.4 Å². The number of fused-ring (bicyclic) bond motifs is 1. The van der Waals surface area contributed by atoms with E-state index in [2.05, 4.69) is 26.2 Å². The van der Waals surface area contributed by atoms with Crippen molar-refractivity contribution in [1.82, 2.24) is 4.57 Å². The van der Waals surface area contributed by atoms with E-state index in [1.54, 1.807) is 10.6 Å². The summed E-state index contributed by atoms with van der Waals surface area (Å²) in [6.45, 7) is 2.13. The molecular formula is C24H20BrN3O3. The van der Waals surface area contributed by atoms with Gasteiger partial charge in [-0.1, -0.05) is 64.5 Å². The molecule has 156 valence electrons. The lowest BCUT2D eigenvalue weighted by molar-refractivity contribution is -0.120. The van der Waals surface area contributed by atoms with Crippen LogP contribution < -0.4 is 4.74 Å². The first-order chi connectivity index (χ1) is 15.0. The topological polar surface area (TPSA) is 76.2 Å². The van der Waals surface area contributed by atoms with E-state index in [1.165, 1.54) is 0 Å². The first-order valence-electron chi connectivity index (χ1n) is 9.70. The van der Waals surface area contributed by atoms with Crippen LogP contribution in [0.15, 0.2) is 87.5 Å². The van der Waals surface area contributed by atoms with Crippen molar-refractivity contribution >= 4 is 38.4 Å². The second kappa shape index (κ2) is 9.14. The smallest absolute Gasteiger partial charge is 0.302 e. The number of rotatable bonds is 6. The van der Waals surface area contributed by atoms with Crippen LogP contribution in [-0.4, -0.2) is 22.2 Å². The van der Waals surface area contributed by atoms with Gasteiger partial charge in [0.25, 0.3) is 0 Å². The molecule has 0 aliphatic rings. The van der Waals surface area contributed by atoms with Gasteiger partial charge in [0.1, 0.15) is 5.75 Å². The summed E-state index contributed by atoms with van der Waals surface area (Å²) in [5, 5.41) is 19.4. The van der Waals surface area contributed by atoms with E-state index in [4.69, 9.17) is 4.74 Å². The molecule has 1 amide bonds. The summed E-state index contributed by atoms with van der Waals surface area (Å²) in [4.78, 5) is 12.2. The van der Waals surface area contributed by atoms with E-state index in [0.29, 0.717) is 17.7 Å². The van der Waals surface area contributed by atoms with Crippen LogP contribution in [0.25, 0.3) is 10.9 Å². The van der Waals surface area contributed by atoms with E-state index in [9.17, 15) is 9.90 Å². The van der Waals surface area contributed by atoms with Gasteiger partial charge in [0, 0.05) is 9.86 Å². The van der Waals surface area contributed by atoms with Crippen LogP contribution in [0.1, 0.15) is 11.1 Å². The normalized spacial score (nSPS) is 11.3. The molecule has 1 heterocycles. The number of aryl methyl sites for hydroxylation is 1. The monoisotopic (exact) mass is 477 g/mol. The fourth-order valence-electron chi connectivity index (χ4n) is 3.31. The van der Waals surface area contributed by atoms with Gasteiger partial charge in [-0.3, -0.25) is 4.79 Å². The minimum absolute atomic E-state index is 0.0478. The number of nitrogens with zero attached hydrogens (tertiary/aromatic N) is 3. The molecule has 0 unspecified atom stereocenters. The highest BCUT2D eigenvalue weighted by Gasteiger charge is 2.18. The second-order valence-corrected chi connectivity index (χ2v) is 7.97. The number of para-hydroxylation sites is 1. The molecule has 0 aliphatic carbocycles. The largest absolute Gasteiger partial charge is 0.493 e. The Balaban J connectivity index is 1.60. The van der Waals surface area contributed by atoms with E-state index >= 15 is 0 Å². The third-order valence-electron chi connectivity index (χ3n) is 4.86. The van der Waals surface area contributed by atoms with Crippen molar-refractivity contribution in [3.8, 4) is 11.6 Å². The summed E-state index contributed by atoms with van der Waals surface area (Å²) >= 11 is 3.45. The lowest BCUT2D eigenvalue weighted by atomic mass is 10.2. The van der Waals surface area contributed by atoms with Gasteiger partial charge in [0.05, 0.1) is 12.1 Å². The van der Waals surface area contributed by atoms with Crippen LogP contribution in [-0.2, 0) is 11.3 Å². The summed E-state index contributed by atoms with van der Waals surface area (Å²) in [7, 11) is 0. The van der Waals surface area contributed by atoms with E-state index in [0.717, 1.165) is 21.1 Å². The van der Waals surface area contributed by atoms with E-state index < -0.39 is 5.91 Å². The minimum Gasteiger partial charge on any atom is -0.493 e. The van der Waals surface area contributed by atoms with E-state index in [1.807, 2.05) is 73.7 Å². The van der Waals surface area contributed by atoms with Gasteiger partial charge in [-0.15, -0.1) is 10.2 Å². The number of ether oxygens (including phenoxy) is 1. The van der Waals surface area contributed by atoms with Gasteiger partial charge >= 0.3 is 5.91 Å². The van der Waals surface area contributed by atoms with Gasteiger partial charge in [-0.2, -0.15) is 0 Å². The Morgan fingerprint density at radius 2 is 1.81 bits per heavy atom. The third kappa shape index (κ3) is 4.67. The summed E-state index contributed by atoms with van der Waals surface area (Å²) in [5.74, 6) is 0.0345. The molecule has 1 N–H and O–H groups in total. The van der Waals surface area contributed by atoms with Gasteiger partial charge in [0.2, 0.25) is 5.88 Å². The summed E-state index contributed by atoms with van der Waals surface area (Å²) < 4.78 is 8.11. The van der Waals surface area contributed by atoms with Gasteiger partial charge in [-0.05, 0) is 42.3 Å². The Morgan fingerprint density at radius 3 is 2.58 bits per heavy atom. The maximum absolute atomic E-state index is 12.2. The highest BCUT2D eigenvalue weighted by atomic mass is 79.9. The molecule has 4 rings (SSSR count). The molecule has 6 nitrogen and oxygen atoms in total. The molecule has 0 bridgehead atoms. The molecular weight excluding hydrogens is 458 g/mol. The molecule has 1 aromatic heterocycles. The van der Waals surface area contributed by atoms with Gasteiger partial charge in [0.15, 0.2) is 12.3 Å². The van der Waals surface area contributed by atoms with Crippen LogP contribution >= 0.6 is 15.9 Å². The minimum atomic E-state index is -0.540. The summed E-state index contributed by atoms with van der Waals surface area (Å²) in [5.41, 5.74) is 3.00. The van der Waals surface area contributed by atoms with Crippen LogP contribution in [0.5, 0.6) is 11.6 Å². The fraction of sp³-hybridized carbons (Fsp3) is 0.125. The highest BCUT2D eigenvalue weighted by molar-refractivity contribution is 9.10. The molecule has 0 saturated carbocycles. The first-order valence-corrected chi connectivity index (χ1v) is 10.5. The number of azo groups is 1. The van der Waals surface area contributed by atoms with Crippen LogP contribution in [0, 0.1) is 6.92 Å². The van der Waals surface area contributed by atoms with Crippen LogP contribution in [0.3, 0.4) is 0 Å². The van der Waals surface area contributed by atoms with Gasteiger partial charge < -0.3 is 14.4 Å². The average Bonchev–Trinajstić information content (AvgIpc) is 3.02. The molecule has 0 fully saturated rings. The van der Waals surface area contributed by atoms with Crippen molar-refractivity contribution in [2.75, 3.05) is 6.61 Å². The average molecular weight is 478 g/mol. The highest BCUT2D eigenvalue weighted by Crippen LogP contribution is 2.40. The number of hydrogen-bond donors (Lipinski definition) is 1. The number of carbonyl (C=O) groups excluding carboxylic acids is 1. The first kappa shape index (κ1) is 20.8. The number of aromatic hydroxyl groups is 1. The number of hydrogen-bond acceptors (Lipinski definition) is 4. The van der Waals surface area contributed by atoms with Crippen molar-refractivity contribution in [2.45, 2.75) is 13.5 Å². The Labute approximate surface area is 187 Å². The second-order valence-electron chi connectivity index (χ2n) is 7.05. The number of carbonyl (C=O) groups is 1. The summed E-state index contributed by atoms with van der Waals surface area (Å²) in [6.07, 6.45) is 0. The number of halogens is 1. The maximum Gasteiger partial charge on any atom is 0.302 e. The molecule has 4 aromatic rings. The number of amides is 1. The molecule has 31 heavy (non-hydrogen) atoms. The summed E-state index contributed by atoms with van der Waals surface area (Å²) in [6, 6.07) is 22.9. The molecule has 0 radical (unpaired) electrons. The van der Waals surface area contributed by atoms with Crippen molar-refractivity contribution in [2.24, 2.45) is 10.2 Å². The third-order valence-corrected chi connectivity index (χ3v) is 5.36. The quantitative estimate of drug-likeness (QED) is 0.338. The zero-order valence-corrected chi connectivity index (χ0v) is 18.4. The van der Waals surface area contributed by atoms with Crippen molar-refractivity contribution in [3.63, 3.8) is 0 Å². The molecule has 0 saturated heterocycles. The zero-order valence-electron chi connectivity index (χ0n) is 16.8.